The van der Waals surface area contributed by atoms with Crippen LogP contribution in [-0.2, 0) is 0 Å². The maximum absolute atomic E-state index is 11.5. The molecule has 0 bridgehead atoms. The van der Waals surface area contributed by atoms with Crippen molar-refractivity contribution in [2.75, 3.05) is 0 Å². The summed E-state index contributed by atoms with van der Waals surface area (Å²) in [5, 5.41) is 11.8. The number of rotatable bonds is 5. The van der Waals surface area contributed by atoms with E-state index in [2.05, 4.69) is 0 Å². The van der Waals surface area contributed by atoms with Gasteiger partial charge in [-0.15, -0.1) is 0 Å². The van der Waals surface area contributed by atoms with Crippen LogP contribution in [0.25, 0.3) is 12.2 Å². The van der Waals surface area contributed by atoms with Crippen molar-refractivity contribution in [1.82, 2.24) is 5.17 Å². The van der Waals surface area contributed by atoms with Gasteiger partial charge in [-0.05, 0) is 17.2 Å². The van der Waals surface area contributed by atoms with Crippen LogP contribution < -0.4 is 0 Å². The van der Waals surface area contributed by atoms with E-state index in [1.807, 2.05) is 60.7 Å². The van der Waals surface area contributed by atoms with Crippen molar-refractivity contribution < 1.29 is 4.87 Å². The van der Waals surface area contributed by atoms with Gasteiger partial charge in [0.2, 0.25) is 0 Å². The molecular formula is C16H14N2O2. The number of nitrogens with zero attached hydrogens (tertiary/aromatic N) is 2. The molecule has 0 saturated carbocycles. The minimum absolute atomic E-state index is 0.229. The lowest BCUT2D eigenvalue weighted by Gasteiger charge is -2.10. The number of hydroxylamine groups is 1. The molecule has 0 saturated heterocycles. The second-order valence-electron chi connectivity index (χ2n) is 4.06. The molecule has 2 aromatic carbocycles. The molecule has 2 rings (SSSR count). The molecule has 0 aliphatic heterocycles. The van der Waals surface area contributed by atoms with E-state index in [1.54, 1.807) is 12.2 Å². The summed E-state index contributed by atoms with van der Waals surface area (Å²) in [6.45, 7) is 0. The monoisotopic (exact) mass is 266 g/mol. The fraction of sp³-hybridized carbons (Fsp3) is 0. The Morgan fingerprint density at radius 1 is 0.850 bits per heavy atom. The molecule has 0 atom stereocenters. The molecule has 0 heterocycles. The van der Waals surface area contributed by atoms with Crippen molar-refractivity contribution in [1.29, 1.82) is 0 Å². The Bertz CT molecular complexity index is 607. The third kappa shape index (κ3) is 4.19. The molecule has 0 fully saturated rings. The second-order valence-corrected chi connectivity index (χ2v) is 4.06. The van der Waals surface area contributed by atoms with Gasteiger partial charge >= 0.3 is 0 Å². The van der Waals surface area contributed by atoms with E-state index >= 15 is 0 Å². The fourth-order valence-electron chi connectivity index (χ4n) is 1.56. The molecule has 0 N–H and O–H groups in total. The number of hydrogen-bond donors (Lipinski definition) is 0. The van der Waals surface area contributed by atoms with Gasteiger partial charge in [-0.1, -0.05) is 60.7 Å². The van der Waals surface area contributed by atoms with Crippen molar-refractivity contribution in [2.45, 2.75) is 0 Å². The zero-order valence-corrected chi connectivity index (χ0v) is 10.8. The highest BCUT2D eigenvalue weighted by Crippen LogP contribution is 2.04. The van der Waals surface area contributed by atoms with Crippen molar-refractivity contribution in [3.63, 3.8) is 0 Å². The topological polar surface area (TPSA) is 46.4 Å². The van der Waals surface area contributed by atoms with Gasteiger partial charge < -0.3 is 5.21 Å². The highest BCUT2D eigenvalue weighted by molar-refractivity contribution is 5.48. The van der Waals surface area contributed by atoms with Gasteiger partial charge in [0, 0.05) is 6.08 Å². The van der Waals surface area contributed by atoms with E-state index in [0.29, 0.717) is 0 Å². The predicted octanol–water partition coefficient (Wildman–Crippen LogP) is 3.82. The number of nitroso groups, excluding NO2 is 1. The highest BCUT2D eigenvalue weighted by atomic mass is 16.6. The summed E-state index contributed by atoms with van der Waals surface area (Å²) in [4.78, 5) is 11.8. The predicted molar refractivity (Wildman–Crippen MR) is 79.8 cm³/mol. The Labute approximate surface area is 117 Å². The summed E-state index contributed by atoms with van der Waals surface area (Å²) in [5.74, 6) is 0. The molecule has 4 heteroatoms. The minimum Gasteiger partial charge on any atom is -0.699 e. The second kappa shape index (κ2) is 7.01. The van der Waals surface area contributed by atoms with Crippen LogP contribution in [0.4, 0.5) is 0 Å². The molecule has 0 spiro atoms. The van der Waals surface area contributed by atoms with Crippen LogP contribution in [0.3, 0.4) is 0 Å². The largest absolute Gasteiger partial charge is 0.699 e. The third-order valence-corrected chi connectivity index (χ3v) is 2.58. The first-order chi connectivity index (χ1) is 9.75. The normalized spacial score (nSPS) is 11.1. The number of hydrogen-bond acceptors (Lipinski definition) is 2. The average molecular weight is 266 g/mol. The van der Waals surface area contributed by atoms with Crippen LogP contribution in [0.15, 0.2) is 73.1 Å². The molecule has 0 aliphatic carbocycles. The Hall–Kier alpha value is -2.72. The van der Waals surface area contributed by atoms with Gasteiger partial charge in [-0.2, -0.15) is 5.17 Å². The zero-order valence-electron chi connectivity index (χ0n) is 10.8. The van der Waals surface area contributed by atoms with E-state index < -0.39 is 0 Å². The van der Waals surface area contributed by atoms with Gasteiger partial charge in [-0.25, -0.2) is 0 Å². The molecule has 0 aromatic heterocycles. The highest BCUT2D eigenvalue weighted by Gasteiger charge is 2.02. The summed E-state index contributed by atoms with van der Waals surface area (Å²) in [6, 6.07) is 18.6. The molecule has 4 nitrogen and oxygen atoms in total. The summed E-state index contributed by atoms with van der Waals surface area (Å²) in [7, 11) is 0. The van der Waals surface area contributed by atoms with Crippen molar-refractivity contribution >= 4 is 12.2 Å². The number of benzene rings is 2. The van der Waals surface area contributed by atoms with Crippen molar-refractivity contribution in [3.05, 3.63) is 94.3 Å². The average Bonchev–Trinajstić information content (AvgIpc) is 2.52. The molecule has 0 aliphatic rings. The van der Waals surface area contributed by atoms with Gasteiger partial charge in [0.05, 0.1) is 11.1 Å². The van der Waals surface area contributed by atoms with Crippen LogP contribution in [0.1, 0.15) is 11.1 Å². The summed E-state index contributed by atoms with van der Waals surface area (Å²) >= 11 is 0. The maximum atomic E-state index is 11.5. The van der Waals surface area contributed by atoms with Crippen molar-refractivity contribution in [3.8, 4) is 0 Å². The first kappa shape index (κ1) is 13.7. The lowest BCUT2D eigenvalue weighted by molar-refractivity contribution is -0.622. The Kier molecular flexibility index (Phi) is 4.81. The fourth-order valence-corrected chi connectivity index (χ4v) is 1.56. The van der Waals surface area contributed by atoms with E-state index in [0.717, 1.165) is 11.1 Å². The summed E-state index contributed by atoms with van der Waals surface area (Å²) < 4.78 is 0. The molecule has 0 radical (unpaired) electrons. The lowest BCUT2D eigenvalue weighted by atomic mass is 10.2. The van der Waals surface area contributed by atoms with Gasteiger partial charge in [0.25, 0.3) is 6.20 Å². The summed E-state index contributed by atoms with van der Waals surface area (Å²) in [6.07, 6.45) is 5.51. The molecule has 100 valence electrons. The molecule has 0 unspecified atom stereocenters. The number of hydrazine groups is 1. The first-order valence-electron chi connectivity index (χ1n) is 6.15. The molecular weight excluding hydrogens is 252 g/mol. The quantitative estimate of drug-likeness (QED) is 0.610. The third-order valence-electron chi connectivity index (χ3n) is 2.58. The van der Waals surface area contributed by atoms with Crippen LogP contribution in [0.5, 0.6) is 0 Å². The van der Waals surface area contributed by atoms with Crippen LogP contribution in [0, 0.1) is 10.1 Å². The van der Waals surface area contributed by atoms with E-state index in [9.17, 15) is 10.1 Å². The minimum atomic E-state index is 0.229. The van der Waals surface area contributed by atoms with Crippen LogP contribution >= 0.6 is 0 Å². The Morgan fingerprint density at radius 2 is 1.35 bits per heavy atom. The Balaban J connectivity index is 1.96. The van der Waals surface area contributed by atoms with E-state index in [4.69, 9.17) is 0 Å². The summed E-state index contributed by atoms with van der Waals surface area (Å²) in [5.41, 5.74) is 1.71. The standard InChI is InChI=1S/C16H14N2O2/c19-17(13-11-15-7-3-1-4-8-15)18(20)14-12-16-9-5-2-6-10-16/h1-14H/b13-11+,14-12+. The zero-order chi connectivity index (χ0) is 14.2. The maximum Gasteiger partial charge on any atom is 0.257 e. The molecule has 20 heavy (non-hydrogen) atoms. The Morgan fingerprint density at radius 3 is 1.90 bits per heavy atom. The lowest BCUT2D eigenvalue weighted by Crippen LogP contribution is -2.16. The SMILES string of the molecule is O=[N+](/C=C/c1ccccc1)N([O-])/C=C/c1ccccc1. The van der Waals surface area contributed by atoms with Crippen molar-refractivity contribution in [2.24, 2.45) is 0 Å². The van der Waals surface area contributed by atoms with Crippen LogP contribution in [-0.4, -0.2) is 10.0 Å². The molecule has 0 amide bonds. The van der Waals surface area contributed by atoms with E-state index in [1.165, 1.54) is 12.4 Å². The first-order valence-corrected chi connectivity index (χ1v) is 6.15. The van der Waals surface area contributed by atoms with Crippen LogP contribution in [0.2, 0.25) is 0 Å². The van der Waals surface area contributed by atoms with E-state index in [-0.39, 0.29) is 10.0 Å². The van der Waals surface area contributed by atoms with Gasteiger partial charge in [0.1, 0.15) is 4.87 Å². The van der Waals surface area contributed by atoms with Gasteiger partial charge in [-0.3, -0.25) is 0 Å². The van der Waals surface area contributed by atoms with Gasteiger partial charge in [0.15, 0.2) is 0 Å². The molecule has 2 aromatic rings. The smallest absolute Gasteiger partial charge is 0.257 e.